The average molecular weight is 400 g/mol. The Morgan fingerprint density at radius 2 is 1.74 bits per heavy atom. The minimum Gasteiger partial charge on any atom is -0.350 e. The summed E-state index contributed by atoms with van der Waals surface area (Å²) in [5.74, 6) is -2.53. The smallest absolute Gasteiger partial charge is 0.340 e. The second-order valence-corrected chi connectivity index (χ2v) is 7.76. The van der Waals surface area contributed by atoms with Crippen molar-refractivity contribution >= 4 is 41.4 Å². The Balaban J connectivity index is 1.47. The lowest BCUT2D eigenvalue weighted by Crippen LogP contribution is -2.46. The number of rotatable bonds is 6. The van der Waals surface area contributed by atoms with E-state index >= 15 is 0 Å². The highest BCUT2D eigenvalue weighted by Crippen LogP contribution is 2.26. The summed E-state index contributed by atoms with van der Waals surface area (Å²) in [5, 5.41) is 0.103. The number of thioether (sulfide) groups is 1. The Bertz CT molecular complexity index is 645. The molecule has 1 unspecified atom stereocenters. The summed E-state index contributed by atoms with van der Waals surface area (Å²) in [6.45, 7) is 1.75. The van der Waals surface area contributed by atoms with Crippen LogP contribution in [0.4, 0.5) is 0 Å². The minimum absolute atomic E-state index is 0.0149. The van der Waals surface area contributed by atoms with Crippen LogP contribution >= 0.6 is 11.8 Å². The van der Waals surface area contributed by atoms with Gasteiger partial charge in [0.15, 0.2) is 6.29 Å². The van der Waals surface area contributed by atoms with Crippen LogP contribution in [0.1, 0.15) is 26.2 Å². The first-order valence-corrected chi connectivity index (χ1v) is 9.72. The molecule has 0 aromatic heterocycles. The first-order chi connectivity index (χ1) is 12.9. The molecule has 0 saturated carbocycles. The Hall–Kier alpha value is -1.98. The number of likely N-dealkylation sites (tertiary alicyclic amines) is 1. The molecule has 0 N–H and O–H groups in total. The summed E-state index contributed by atoms with van der Waals surface area (Å²) >= 11 is 1.42. The summed E-state index contributed by atoms with van der Waals surface area (Å²) in [6.07, 6.45) is -0.638. The molecule has 3 aliphatic rings. The van der Waals surface area contributed by atoms with E-state index in [1.54, 1.807) is 0 Å². The monoisotopic (exact) mass is 400 g/mol. The number of nitrogens with zero attached hydrogens (tertiary/aromatic N) is 2. The Morgan fingerprint density at radius 1 is 1.11 bits per heavy atom. The lowest BCUT2D eigenvalue weighted by molar-refractivity contribution is -0.229. The number of hydroxylamine groups is 2. The maximum absolute atomic E-state index is 12.2. The zero-order valence-corrected chi connectivity index (χ0v) is 15.6. The molecule has 10 nitrogen and oxygen atoms in total. The molecule has 1 atom stereocenters. The van der Waals surface area contributed by atoms with Gasteiger partial charge in [-0.3, -0.25) is 24.1 Å². The molecule has 0 aliphatic carbocycles. The van der Waals surface area contributed by atoms with E-state index in [2.05, 4.69) is 0 Å². The predicted octanol–water partition coefficient (Wildman–Crippen LogP) is -0.537. The first-order valence-electron chi connectivity index (χ1n) is 8.67. The lowest BCUT2D eigenvalue weighted by atomic mass is 10.2. The molecular formula is C16H20N2O8S. The quantitative estimate of drug-likeness (QED) is 0.542. The molecule has 3 rings (SSSR count). The van der Waals surface area contributed by atoms with Crippen LogP contribution in [0.15, 0.2) is 0 Å². The van der Waals surface area contributed by atoms with E-state index in [4.69, 9.17) is 14.3 Å². The Morgan fingerprint density at radius 3 is 2.33 bits per heavy atom. The highest BCUT2D eigenvalue weighted by atomic mass is 32.2. The molecule has 3 saturated heterocycles. The van der Waals surface area contributed by atoms with Crippen molar-refractivity contribution in [2.24, 2.45) is 5.92 Å². The van der Waals surface area contributed by atoms with Gasteiger partial charge in [0.2, 0.25) is 11.8 Å². The van der Waals surface area contributed by atoms with Crippen LogP contribution in [0.3, 0.4) is 0 Å². The third-order valence-electron chi connectivity index (χ3n) is 4.39. The summed E-state index contributed by atoms with van der Waals surface area (Å²) in [4.78, 5) is 65.2. The highest BCUT2D eigenvalue weighted by molar-refractivity contribution is 8.00. The van der Waals surface area contributed by atoms with Gasteiger partial charge in [-0.1, -0.05) is 6.92 Å². The number of amides is 4. The van der Waals surface area contributed by atoms with E-state index in [0.29, 0.717) is 5.06 Å². The van der Waals surface area contributed by atoms with Gasteiger partial charge in [-0.05, 0) is 5.75 Å². The van der Waals surface area contributed by atoms with Crippen molar-refractivity contribution in [1.82, 2.24) is 9.96 Å². The van der Waals surface area contributed by atoms with Crippen molar-refractivity contribution in [3.63, 3.8) is 0 Å². The third kappa shape index (κ3) is 4.30. The van der Waals surface area contributed by atoms with Crippen molar-refractivity contribution < 1.29 is 38.3 Å². The zero-order chi connectivity index (χ0) is 19.6. The average Bonchev–Trinajstić information content (AvgIpc) is 3.10. The summed E-state index contributed by atoms with van der Waals surface area (Å²) < 4.78 is 10.8. The van der Waals surface area contributed by atoms with Gasteiger partial charge in [0.05, 0.1) is 25.0 Å². The Kier molecular flexibility index (Phi) is 6.12. The maximum Gasteiger partial charge on any atom is 0.340 e. The maximum atomic E-state index is 12.2. The number of imide groups is 2. The van der Waals surface area contributed by atoms with Gasteiger partial charge in [-0.2, -0.15) is 0 Å². The number of hydrogen-bond donors (Lipinski definition) is 0. The fourth-order valence-corrected chi connectivity index (χ4v) is 3.86. The zero-order valence-electron chi connectivity index (χ0n) is 14.8. The molecule has 0 aromatic rings. The topological polar surface area (TPSA) is 120 Å². The van der Waals surface area contributed by atoms with Crippen LogP contribution in [0.5, 0.6) is 0 Å². The highest BCUT2D eigenvalue weighted by Gasteiger charge is 2.41. The number of hydrogen-bond acceptors (Lipinski definition) is 9. The van der Waals surface area contributed by atoms with Crippen molar-refractivity contribution in [3.8, 4) is 0 Å². The van der Waals surface area contributed by atoms with Gasteiger partial charge in [-0.25, -0.2) is 4.79 Å². The molecule has 27 heavy (non-hydrogen) atoms. The van der Waals surface area contributed by atoms with Gasteiger partial charge >= 0.3 is 5.97 Å². The van der Waals surface area contributed by atoms with Gasteiger partial charge in [0.1, 0.15) is 5.92 Å². The largest absolute Gasteiger partial charge is 0.350 e. The molecule has 3 heterocycles. The van der Waals surface area contributed by atoms with E-state index in [1.807, 2.05) is 6.92 Å². The van der Waals surface area contributed by atoms with E-state index < -0.39 is 30.0 Å². The fourth-order valence-electron chi connectivity index (χ4n) is 2.93. The first kappa shape index (κ1) is 19.8. The standard InChI is InChI=1S/C16H20N2O8S/c1-2-27-10-5-13(21)17(15(10)22)6-14-24-7-9(8-25-14)16(23)26-18-11(19)3-4-12(18)20/h9-10,14H,2-8H2,1H3. The van der Waals surface area contributed by atoms with Crippen LogP contribution in [0.25, 0.3) is 0 Å². The molecule has 3 fully saturated rings. The number of carbonyl (C=O) groups is 5. The summed E-state index contributed by atoms with van der Waals surface area (Å²) in [5.41, 5.74) is 0. The van der Waals surface area contributed by atoms with Gasteiger partial charge in [0.25, 0.3) is 11.8 Å². The summed E-state index contributed by atoms with van der Waals surface area (Å²) in [7, 11) is 0. The van der Waals surface area contributed by atoms with Crippen molar-refractivity contribution in [2.45, 2.75) is 37.7 Å². The second-order valence-electron chi connectivity index (χ2n) is 6.28. The molecule has 3 aliphatic heterocycles. The van der Waals surface area contributed by atoms with Gasteiger partial charge < -0.3 is 14.3 Å². The number of ether oxygens (including phenoxy) is 2. The Labute approximate surface area is 159 Å². The van der Waals surface area contributed by atoms with E-state index in [9.17, 15) is 24.0 Å². The normalized spacial score (nSPS) is 29.0. The molecule has 4 amide bonds. The lowest BCUT2D eigenvalue weighted by Gasteiger charge is -2.30. The van der Waals surface area contributed by atoms with Crippen LogP contribution in [0.2, 0.25) is 0 Å². The molecular weight excluding hydrogens is 380 g/mol. The molecule has 0 bridgehead atoms. The van der Waals surface area contributed by atoms with Crippen molar-refractivity contribution in [3.05, 3.63) is 0 Å². The molecule has 11 heteroatoms. The second kappa shape index (κ2) is 8.36. The van der Waals surface area contributed by atoms with Crippen molar-refractivity contribution in [2.75, 3.05) is 25.5 Å². The van der Waals surface area contributed by atoms with Crippen LogP contribution in [-0.2, 0) is 38.3 Å². The van der Waals surface area contributed by atoms with Crippen LogP contribution in [0, 0.1) is 5.92 Å². The molecule has 0 spiro atoms. The molecule has 0 aromatic carbocycles. The van der Waals surface area contributed by atoms with E-state index in [1.165, 1.54) is 11.8 Å². The third-order valence-corrected chi connectivity index (χ3v) is 5.49. The molecule has 148 valence electrons. The van der Waals surface area contributed by atoms with E-state index in [-0.39, 0.29) is 56.1 Å². The minimum atomic E-state index is -0.831. The van der Waals surface area contributed by atoms with Crippen LogP contribution < -0.4 is 0 Å². The van der Waals surface area contributed by atoms with Crippen molar-refractivity contribution in [1.29, 1.82) is 0 Å². The summed E-state index contributed by atoms with van der Waals surface area (Å²) in [6, 6.07) is 0. The SMILES string of the molecule is CCSC1CC(=O)N(CC2OCC(C(=O)ON3C(=O)CCC3=O)CO2)C1=O. The molecule has 0 radical (unpaired) electrons. The van der Waals surface area contributed by atoms with Crippen LogP contribution in [-0.4, -0.2) is 76.6 Å². The fraction of sp³-hybridized carbons (Fsp3) is 0.688. The number of carbonyl (C=O) groups excluding carboxylic acids is 5. The van der Waals surface area contributed by atoms with E-state index in [0.717, 1.165) is 10.7 Å². The predicted molar refractivity (Wildman–Crippen MR) is 89.6 cm³/mol. The van der Waals surface area contributed by atoms with Gasteiger partial charge in [0, 0.05) is 19.3 Å². The van der Waals surface area contributed by atoms with Gasteiger partial charge in [-0.15, -0.1) is 16.8 Å².